The molecule has 2 nitrogen and oxygen atoms in total. The zero-order valence-corrected chi connectivity index (χ0v) is 12.2. The van der Waals surface area contributed by atoms with Gasteiger partial charge in [0, 0.05) is 33.2 Å². The number of halogens is 2. The van der Waals surface area contributed by atoms with E-state index in [1.165, 1.54) is 0 Å². The van der Waals surface area contributed by atoms with Crippen molar-refractivity contribution in [3.63, 3.8) is 0 Å². The summed E-state index contributed by atoms with van der Waals surface area (Å²) >= 11 is 12.2. The van der Waals surface area contributed by atoms with Crippen LogP contribution in [0.25, 0.3) is 10.9 Å². The molecule has 1 aromatic heterocycles. The van der Waals surface area contributed by atoms with Crippen LogP contribution in [0, 0.1) is 6.92 Å². The summed E-state index contributed by atoms with van der Waals surface area (Å²) in [5, 5.41) is 1.86. The first-order chi connectivity index (χ1) is 9.58. The molecule has 0 unspecified atom stereocenters. The fourth-order valence-electron chi connectivity index (χ4n) is 2.30. The second-order valence-corrected chi connectivity index (χ2v) is 5.50. The van der Waals surface area contributed by atoms with Gasteiger partial charge in [0.05, 0.1) is 5.02 Å². The number of aromatic nitrogens is 1. The number of rotatable bonds is 2. The van der Waals surface area contributed by atoms with Crippen molar-refractivity contribution in [3.8, 4) is 0 Å². The minimum atomic E-state index is -0.0793. The van der Waals surface area contributed by atoms with Crippen LogP contribution in [0.1, 0.15) is 21.5 Å². The van der Waals surface area contributed by atoms with Crippen LogP contribution >= 0.6 is 23.2 Å². The zero-order valence-electron chi connectivity index (χ0n) is 10.7. The maximum atomic E-state index is 12.7. The first-order valence-corrected chi connectivity index (χ1v) is 6.90. The molecule has 1 heterocycles. The van der Waals surface area contributed by atoms with Crippen molar-refractivity contribution in [2.75, 3.05) is 0 Å². The van der Waals surface area contributed by atoms with E-state index in [9.17, 15) is 4.79 Å². The van der Waals surface area contributed by atoms with Crippen molar-refractivity contribution in [2.24, 2.45) is 0 Å². The predicted octanol–water partition coefficient (Wildman–Crippen LogP) is 5.01. The highest BCUT2D eigenvalue weighted by atomic mass is 35.5. The third-order valence-corrected chi connectivity index (χ3v) is 3.89. The molecular weight excluding hydrogens is 293 g/mol. The van der Waals surface area contributed by atoms with Crippen LogP contribution in [-0.2, 0) is 0 Å². The molecule has 0 fully saturated rings. The minimum absolute atomic E-state index is 0.0793. The van der Waals surface area contributed by atoms with Gasteiger partial charge in [-0.3, -0.25) is 4.79 Å². The molecule has 0 amide bonds. The van der Waals surface area contributed by atoms with Crippen molar-refractivity contribution in [2.45, 2.75) is 6.92 Å². The third kappa shape index (κ3) is 2.11. The zero-order chi connectivity index (χ0) is 14.3. The summed E-state index contributed by atoms with van der Waals surface area (Å²) in [5.74, 6) is -0.0793. The lowest BCUT2D eigenvalue weighted by Gasteiger charge is -2.05. The quantitative estimate of drug-likeness (QED) is 0.663. The van der Waals surface area contributed by atoms with Gasteiger partial charge in [-0.25, -0.2) is 0 Å². The van der Waals surface area contributed by atoms with Gasteiger partial charge in [-0.2, -0.15) is 0 Å². The summed E-state index contributed by atoms with van der Waals surface area (Å²) in [4.78, 5) is 15.8. The Morgan fingerprint density at radius 1 is 1.10 bits per heavy atom. The molecule has 0 aliphatic heterocycles. The average Bonchev–Trinajstić information content (AvgIpc) is 2.86. The van der Waals surface area contributed by atoms with E-state index in [0.717, 1.165) is 16.5 Å². The van der Waals surface area contributed by atoms with Crippen LogP contribution in [0.5, 0.6) is 0 Å². The number of H-pyrrole nitrogens is 1. The summed E-state index contributed by atoms with van der Waals surface area (Å²) in [6.07, 6.45) is 1.69. The predicted molar refractivity (Wildman–Crippen MR) is 82.9 cm³/mol. The van der Waals surface area contributed by atoms with Gasteiger partial charge in [-0.05, 0) is 36.8 Å². The second-order valence-electron chi connectivity index (χ2n) is 4.65. The summed E-state index contributed by atoms with van der Waals surface area (Å²) in [6, 6.07) is 10.8. The summed E-state index contributed by atoms with van der Waals surface area (Å²) in [7, 11) is 0. The molecule has 20 heavy (non-hydrogen) atoms. The maximum Gasteiger partial charge on any atom is 0.195 e. The third-order valence-electron chi connectivity index (χ3n) is 3.34. The highest BCUT2D eigenvalue weighted by Gasteiger charge is 2.18. The first-order valence-electron chi connectivity index (χ1n) is 6.14. The fourth-order valence-corrected chi connectivity index (χ4v) is 2.75. The topological polar surface area (TPSA) is 32.9 Å². The summed E-state index contributed by atoms with van der Waals surface area (Å²) < 4.78 is 0. The Bertz CT molecular complexity index is 820. The van der Waals surface area contributed by atoms with Crippen LogP contribution in [0.2, 0.25) is 10.0 Å². The van der Waals surface area contributed by atoms with Gasteiger partial charge >= 0.3 is 0 Å². The lowest BCUT2D eigenvalue weighted by Crippen LogP contribution is -2.03. The number of carbonyl (C=O) groups excluding carboxylic acids is 1. The Hall–Kier alpha value is -1.77. The minimum Gasteiger partial charge on any atom is -0.360 e. The number of carbonyl (C=O) groups is 1. The molecule has 0 bridgehead atoms. The second kappa shape index (κ2) is 4.97. The lowest BCUT2D eigenvalue weighted by atomic mass is 9.99. The molecule has 100 valence electrons. The highest BCUT2D eigenvalue weighted by Crippen LogP contribution is 2.29. The molecule has 0 aliphatic carbocycles. The summed E-state index contributed by atoms with van der Waals surface area (Å²) in [5.41, 5.74) is 2.90. The van der Waals surface area contributed by atoms with E-state index < -0.39 is 0 Å². The number of hydrogen-bond acceptors (Lipinski definition) is 1. The van der Waals surface area contributed by atoms with Crippen molar-refractivity contribution >= 4 is 39.9 Å². The van der Waals surface area contributed by atoms with Gasteiger partial charge in [0.15, 0.2) is 5.78 Å². The molecule has 0 aliphatic rings. The Morgan fingerprint density at radius 2 is 1.90 bits per heavy atom. The molecule has 2 aromatic carbocycles. The fraction of sp³-hybridized carbons (Fsp3) is 0.0625. The van der Waals surface area contributed by atoms with E-state index >= 15 is 0 Å². The van der Waals surface area contributed by atoms with Gasteiger partial charge in [0.25, 0.3) is 0 Å². The van der Waals surface area contributed by atoms with E-state index in [2.05, 4.69) is 4.98 Å². The molecule has 0 spiro atoms. The van der Waals surface area contributed by atoms with Crippen molar-refractivity contribution < 1.29 is 4.79 Å². The molecular formula is C16H11Cl2NO. The van der Waals surface area contributed by atoms with Crippen LogP contribution < -0.4 is 0 Å². The van der Waals surface area contributed by atoms with Crippen LogP contribution in [0.15, 0.2) is 42.6 Å². The lowest BCUT2D eigenvalue weighted by molar-refractivity contribution is 0.104. The van der Waals surface area contributed by atoms with E-state index in [-0.39, 0.29) is 5.78 Å². The largest absolute Gasteiger partial charge is 0.360 e. The smallest absolute Gasteiger partial charge is 0.195 e. The van der Waals surface area contributed by atoms with E-state index in [0.29, 0.717) is 21.2 Å². The molecule has 3 aromatic rings. The number of aromatic amines is 1. The Kier molecular flexibility index (Phi) is 3.28. The van der Waals surface area contributed by atoms with Crippen molar-refractivity contribution in [1.29, 1.82) is 0 Å². The van der Waals surface area contributed by atoms with Gasteiger partial charge in [0.1, 0.15) is 0 Å². The number of ketones is 1. The van der Waals surface area contributed by atoms with Crippen molar-refractivity contribution in [1.82, 2.24) is 4.98 Å². The standard InChI is InChI=1S/C16H11Cl2NO/c1-9-5-6-10(17)7-11(9)16(20)12-8-19-14-4-2-3-13(18)15(12)14/h2-8,19H,1H3. The van der Waals surface area contributed by atoms with Crippen LogP contribution in [0.4, 0.5) is 0 Å². The van der Waals surface area contributed by atoms with Gasteiger partial charge in [0.2, 0.25) is 0 Å². The maximum absolute atomic E-state index is 12.7. The Morgan fingerprint density at radius 3 is 2.70 bits per heavy atom. The molecule has 1 N–H and O–H groups in total. The molecule has 0 atom stereocenters. The van der Waals surface area contributed by atoms with E-state index in [1.807, 2.05) is 25.1 Å². The number of hydrogen-bond donors (Lipinski definition) is 1. The summed E-state index contributed by atoms with van der Waals surface area (Å²) in [6.45, 7) is 1.89. The molecule has 0 saturated carbocycles. The number of aryl methyl sites for hydroxylation is 1. The van der Waals surface area contributed by atoms with Crippen LogP contribution in [0.3, 0.4) is 0 Å². The molecule has 0 saturated heterocycles. The van der Waals surface area contributed by atoms with Gasteiger partial charge in [-0.15, -0.1) is 0 Å². The van der Waals surface area contributed by atoms with Gasteiger partial charge < -0.3 is 4.98 Å². The van der Waals surface area contributed by atoms with Gasteiger partial charge in [-0.1, -0.05) is 35.3 Å². The monoisotopic (exact) mass is 303 g/mol. The van der Waals surface area contributed by atoms with E-state index in [1.54, 1.807) is 24.4 Å². The van der Waals surface area contributed by atoms with Crippen molar-refractivity contribution in [3.05, 3.63) is 69.3 Å². The number of nitrogens with one attached hydrogen (secondary N) is 1. The molecule has 4 heteroatoms. The number of fused-ring (bicyclic) bond motifs is 1. The molecule has 0 radical (unpaired) electrons. The first kappa shape index (κ1) is 13.2. The molecule has 3 rings (SSSR count). The highest BCUT2D eigenvalue weighted by molar-refractivity contribution is 6.37. The Labute approximate surface area is 126 Å². The normalized spacial score (nSPS) is 10.9. The number of benzene rings is 2. The van der Waals surface area contributed by atoms with Crippen LogP contribution in [-0.4, -0.2) is 10.8 Å². The Balaban J connectivity index is 2.21. The van der Waals surface area contributed by atoms with E-state index in [4.69, 9.17) is 23.2 Å². The average molecular weight is 304 g/mol. The SMILES string of the molecule is Cc1ccc(Cl)cc1C(=O)c1c[nH]c2cccc(Cl)c12.